The average molecular weight is 339 g/mol. The van der Waals surface area contributed by atoms with Crippen molar-refractivity contribution in [1.29, 1.82) is 0 Å². The smallest absolute Gasteiger partial charge is 0.243 e. The number of hydrogen-bond acceptors (Lipinski definition) is 5. The van der Waals surface area contributed by atoms with Crippen molar-refractivity contribution < 1.29 is 26.3 Å². The number of sulfone groups is 1. The van der Waals surface area contributed by atoms with Crippen LogP contribution in [0.5, 0.6) is 0 Å². The van der Waals surface area contributed by atoms with Gasteiger partial charge in [-0.2, -0.15) is 0 Å². The maximum absolute atomic E-state index is 13.6. The summed E-state index contributed by atoms with van der Waals surface area (Å²) in [5.74, 6) is -1.04. The summed E-state index contributed by atoms with van der Waals surface area (Å²) in [6.07, 6.45) is 0.907. The van der Waals surface area contributed by atoms with E-state index in [0.29, 0.717) is 6.42 Å². The highest BCUT2D eigenvalue weighted by Gasteiger charge is 2.21. The second-order valence-corrected chi connectivity index (χ2v) is 8.36. The summed E-state index contributed by atoms with van der Waals surface area (Å²) in [7, 11) is -7.82. The van der Waals surface area contributed by atoms with Crippen molar-refractivity contribution in [2.45, 2.75) is 35.7 Å². The van der Waals surface area contributed by atoms with Gasteiger partial charge >= 0.3 is 0 Å². The van der Waals surface area contributed by atoms with E-state index in [9.17, 15) is 26.3 Å². The summed E-state index contributed by atoms with van der Waals surface area (Å²) < 4.78 is 62.5. The van der Waals surface area contributed by atoms with Gasteiger partial charge in [0.15, 0.2) is 9.84 Å². The third-order valence-electron chi connectivity index (χ3n) is 2.86. The van der Waals surface area contributed by atoms with E-state index in [1.54, 1.807) is 6.92 Å². The minimum atomic E-state index is -4.18. The van der Waals surface area contributed by atoms with Crippen molar-refractivity contribution in [2.24, 2.45) is 0 Å². The molecule has 21 heavy (non-hydrogen) atoms. The standard InChI is InChI=1S/C12H18FNO5S2/c1-3-9(15)6-7-14-21(18,19)12-8-10(20(2,16)17)4-5-11(12)13/h4-5,8-9,14-15H,3,6-7H2,1-2H3. The topological polar surface area (TPSA) is 101 Å². The molecule has 0 saturated carbocycles. The number of aliphatic hydroxyl groups excluding tert-OH is 1. The van der Waals surface area contributed by atoms with Crippen LogP contribution in [-0.2, 0) is 19.9 Å². The molecule has 0 bridgehead atoms. The molecule has 0 aromatic heterocycles. The van der Waals surface area contributed by atoms with Gasteiger partial charge in [-0.15, -0.1) is 0 Å². The third-order valence-corrected chi connectivity index (χ3v) is 5.45. The fraction of sp³-hybridized carbons (Fsp3) is 0.500. The highest BCUT2D eigenvalue weighted by Crippen LogP contribution is 2.19. The molecule has 0 radical (unpaired) electrons. The van der Waals surface area contributed by atoms with Gasteiger partial charge in [0, 0.05) is 12.8 Å². The zero-order chi connectivity index (χ0) is 16.3. The second-order valence-electron chi connectivity index (χ2n) is 4.61. The van der Waals surface area contributed by atoms with Gasteiger partial charge in [-0.3, -0.25) is 0 Å². The Morgan fingerprint density at radius 2 is 1.90 bits per heavy atom. The Kier molecular flexibility index (Phi) is 5.85. The summed E-state index contributed by atoms with van der Waals surface area (Å²) in [6, 6.07) is 2.58. The molecule has 0 aliphatic carbocycles. The van der Waals surface area contributed by atoms with Gasteiger partial charge in [0.05, 0.1) is 11.0 Å². The first-order chi connectivity index (χ1) is 9.58. The van der Waals surface area contributed by atoms with Crippen LogP contribution >= 0.6 is 0 Å². The van der Waals surface area contributed by atoms with E-state index in [4.69, 9.17) is 0 Å². The second kappa shape index (κ2) is 6.82. The summed E-state index contributed by atoms with van der Waals surface area (Å²) >= 11 is 0. The molecule has 1 atom stereocenters. The molecule has 0 aliphatic heterocycles. The number of halogens is 1. The summed E-state index contributed by atoms with van der Waals surface area (Å²) in [6.45, 7) is 1.67. The number of hydrogen-bond donors (Lipinski definition) is 2. The Bertz CT molecular complexity index is 700. The van der Waals surface area contributed by atoms with Crippen LogP contribution in [-0.4, -0.2) is 40.8 Å². The molecule has 0 amide bonds. The molecule has 0 saturated heterocycles. The molecule has 120 valence electrons. The molecule has 1 rings (SSSR count). The van der Waals surface area contributed by atoms with E-state index in [2.05, 4.69) is 4.72 Å². The Labute approximate surface area is 124 Å². The molecule has 1 unspecified atom stereocenters. The van der Waals surface area contributed by atoms with Crippen molar-refractivity contribution in [3.63, 3.8) is 0 Å². The highest BCUT2D eigenvalue weighted by atomic mass is 32.2. The normalized spacial score (nSPS) is 14.1. The average Bonchev–Trinajstić information content (AvgIpc) is 2.37. The predicted octanol–water partition coefficient (Wildman–Crippen LogP) is 0.668. The third kappa shape index (κ3) is 5.03. The van der Waals surface area contributed by atoms with Crippen LogP contribution in [0.1, 0.15) is 19.8 Å². The molecule has 2 N–H and O–H groups in total. The maximum Gasteiger partial charge on any atom is 0.243 e. The minimum absolute atomic E-state index is 0.0696. The lowest BCUT2D eigenvalue weighted by molar-refractivity contribution is 0.162. The molecule has 0 heterocycles. The summed E-state index contributed by atoms with van der Waals surface area (Å²) in [5, 5.41) is 9.34. The van der Waals surface area contributed by atoms with Crippen LogP contribution < -0.4 is 4.72 Å². The van der Waals surface area contributed by atoms with Crippen LogP contribution in [0.4, 0.5) is 4.39 Å². The largest absolute Gasteiger partial charge is 0.393 e. The van der Waals surface area contributed by atoms with Crippen molar-refractivity contribution in [1.82, 2.24) is 4.72 Å². The fourth-order valence-corrected chi connectivity index (χ4v) is 3.43. The summed E-state index contributed by atoms with van der Waals surface area (Å²) in [4.78, 5) is -1.01. The lowest BCUT2D eigenvalue weighted by Crippen LogP contribution is -2.28. The highest BCUT2D eigenvalue weighted by molar-refractivity contribution is 7.91. The van der Waals surface area contributed by atoms with Gasteiger partial charge in [-0.25, -0.2) is 25.9 Å². The van der Waals surface area contributed by atoms with Crippen molar-refractivity contribution in [2.75, 3.05) is 12.8 Å². The zero-order valence-corrected chi connectivity index (χ0v) is 13.3. The number of sulfonamides is 1. The van der Waals surface area contributed by atoms with Crippen molar-refractivity contribution >= 4 is 19.9 Å². The van der Waals surface area contributed by atoms with Gasteiger partial charge in [0.1, 0.15) is 10.7 Å². The lowest BCUT2D eigenvalue weighted by atomic mass is 10.2. The van der Waals surface area contributed by atoms with Gasteiger partial charge in [-0.05, 0) is 31.0 Å². The van der Waals surface area contributed by atoms with Gasteiger partial charge in [0.25, 0.3) is 0 Å². The van der Waals surface area contributed by atoms with Gasteiger partial charge < -0.3 is 5.11 Å². The molecule has 6 nitrogen and oxygen atoms in total. The Hall–Kier alpha value is -1.03. The predicted molar refractivity (Wildman–Crippen MR) is 75.6 cm³/mol. The SMILES string of the molecule is CCC(O)CCNS(=O)(=O)c1cc(S(C)(=O)=O)ccc1F. The van der Waals surface area contributed by atoms with Crippen LogP contribution in [0, 0.1) is 5.82 Å². The number of rotatable bonds is 7. The molecule has 0 aliphatic rings. The maximum atomic E-state index is 13.6. The fourth-order valence-electron chi connectivity index (χ4n) is 1.56. The Morgan fingerprint density at radius 1 is 1.29 bits per heavy atom. The van der Waals surface area contributed by atoms with Crippen LogP contribution in [0.25, 0.3) is 0 Å². The van der Waals surface area contributed by atoms with Crippen LogP contribution in [0.2, 0.25) is 0 Å². The molecule has 0 spiro atoms. The number of aliphatic hydroxyl groups is 1. The van der Waals surface area contributed by atoms with E-state index in [1.807, 2.05) is 0 Å². The first-order valence-electron chi connectivity index (χ1n) is 6.25. The minimum Gasteiger partial charge on any atom is -0.393 e. The number of benzene rings is 1. The molecule has 1 aromatic rings. The monoisotopic (exact) mass is 339 g/mol. The summed E-state index contributed by atoms with van der Waals surface area (Å²) in [5.41, 5.74) is 0. The van der Waals surface area contributed by atoms with Gasteiger partial charge in [-0.1, -0.05) is 6.92 Å². The quantitative estimate of drug-likeness (QED) is 0.711. The first kappa shape index (κ1) is 18.0. The van der Waals surface area contributed by atoms with Gasteiger partial charge in [0.2, 0.25) is 10.0 Å². The molecule has 0 fully saturated rings. The number of nitrogens with one attached hydrogen (secondary N) is 1. The lowest BCUT2D eigenvalue weighted by Gasteiger charge is -2.11. The zero-order valence-electron chi connectivity index (χ0n) is 11.7. The van der Waals surface area contributed by atoms with Crippen LogP contribution in [0.3, 0.4) is 0 Å². The van der Waals surface area contributed by atoms with E-state index >= 15 is 0 Å². The van der Waals surface area contributed by atoms with E-state index < -0.39 is 36.7 Å². The Balaban J connectivity index is 3.03. The first-order valence-corrected chi connectivity index (χ1v) is 9.62. The molecule has 1 aromatic carbocycles. The molecular weight excluding hydrogens is 321 g/mol. The Morgan fingerprint density at radius 3 is 2.43 bits per heavy atom. The van der Waals surface area contributed by atoms with E-state index in [-0.39, 0.29) is 17.9 Å². The van der Waals surface area contributed by atoms with Crippen LogP contribution in [0.15, 0.2) is 28.0 Å². The molecule has 9 heteroatoms. The van der Waals surface area contributed by atoms with E-state index in [1.165, 1.54) is 0 Å². The van der Waals surface area contributed by atoms with Crippen molar-refractivity contribution in [3.05, 3.63) is 24.0 Å². The molecular formula is C12H18FNO5S2. The van der Waals surface area contributed by atoms with E-state index in [0.717, 1.165) is 24.5 Å². The van der Waals surface area contributed by atoms with Crippen molar-refractivity contribution in [3.8, 4) is 0 Å².